The van der Waals surface area contributed by atoms with Gasteiger partial charge in [0.05, 0.1) is 0 Å². The van der Waals surface area contributed by atoms with Gasteiger partial charge in [-0.25, -0.2) is 0 Å². The molecule has 0 spiro atoms. The third kappa shape index (κ3) is 91.4. The molecule has 0 aromatic heterocycles. The molecule has 0 heterocycles. The maximum atomic E-state index is 2.93. The Hall–Kier alpha value is -0.963. The molecular formula is C86H168W2. The first kappa shape index (κ1) is 111. The summed E-state index contributed by atoms with van der Waals surface area (Å²) < 4.78 is 0. The van der Waals surface area contributed by atoms with Crippen LogP contribution in [0.25, 0.3) is 0 Å². The maximum absolute atomic E-state index is 2.93. The Morgan fingerprint density at radius 2 is 0.534 bits per heavy atom. The molecule has 0 N–H and O–H groups in total. The molecular weight excluding hydrogens is 1400 g/mol. The Morgan fingerprint density at radius 1 is 0.307 bits per heavy atom. The van der Waals surface area contributed by atoms with E-state index in [0.717, 1.165) is 47.3 Å². The van der Waals surface area contributed by atoms with Crippen LogP contribution in [-0.4, -0.2) is 0 Å². The summed E-state index contributed by atoms with van der Waals surface area (Å²) in [6.07, 6.45) is 47.1. The Labute approximate surface area is 592 Å². The van der Waals surface area contributed by atoms with Crippen molar-refractivity contribution < 1.29 is 42.1 Å². The van der Waals surface area contributed by atoms with E-state index in [9.17, 15) is 0 Å². The van der Waals surface area contributed by atoms with E-state index < -0.39 is 0 Å². The summed E-state index contributed by atoms with van der Waals surface area (Å²) in [5.41, 5.74) is 3.90. The predicted molar refractivity (Wildman–Crippen MR) is 409 cm³/mol. The van der Waals surface area contributed by atoms with Crippen LogP contribution in [0.4, 0.5) is 0 Å². The van der Waals surface area contributed by atoms with Crippen molar-refractivity contribution in [3.63, 3.8) is 0 Å². The summed E-state index contributed by atoms with van der Waals surface area (Å²) >= 11 is 0. The summed E-state index contributed by atoms with van der Waals surface area (Å²) in [4.78, 5) is 0. The van der Waals surface area contributed by atoms with Gasteiger partial charge in [0.1, 0.15) is 0 Å². The first-order valence-electron chi connectivity index (χ1n) is 38.4. The monoisotopic (exact) mass is 1570 g/mol. The van der Waals surface area contributed by atoms with Crippen LogP contribution in [0.2, 0.25) is 0 Å². The van der Waals surface area contributed by atoms with Gasteiger partial charge < -0.3 is 12.8 Å². The molecule has 0 bridgehead atoms. The minimum Gasteiger partial charge on any atom is -0.328 e. The van der Waals surface area contributed by atoms with E-state index in [1.54, 1.807) is 25.7 Å². The molecule has 6 fully saturated rings. The summed E-state index contributed by atoms with van der Waals surface area (Å²) in [6.45, 7) is 60.9. The molecule has 0 saturated heterocycles. The van der Waals surface area contributed by atoms with Crippen LogP contribution < -0.4 is 0 Å². The van der Waals surface area contributed by atoms with Crippen molar-refractivity contribution in [2.24, 2.45) is 47.3 Å². The number of hydrogen-bond acceptors (Lipinski definition) is 0. The summed E-state index contributed by atoms with van der Waals surface area (Å²) in [6, 6.07) is 31.9. The Morgan fingerprint density at radius 3 is 0.693 bits per heavy atom. The van der Waals surface area contributed by atoms with Crippen molar-refractivity contribution in [3.8, 4) is 0 Å². The number of aryl methyl sites for hydroxylation is 3. The number of benzene rings is 3. The summed E-state index contributed by atoms with van der Waals surface area (Å²) in [7, 11) is 0. The van der Waals surface area contributed by atoms with Gasteiger partial charge in [-0.1, -0.05) is 365 Å². The molecule has 524 valence electrons. The Bertz CT molecular complexity index is 1250. The van der Waals surface area contributed by atoms with E-state index in [4.69, 9.17) is 0 Å². The molecule has 88 heavy (non-hydrogen) atoms. The van der Waals surface area contributed by atoms with E-state index in [2.05, 4.69) is 127 Å². The molecule has 0 atom stereocenters. The van der Waals surface area contributed by atoms with Crippen molar-refractivity contribution in [3.05, 3.63) is 121 Å². The van der Waals surface area contributed by atoms with Gasteiger partial charge in [0, 0.05) is 0 Å². The second-order valence-electron chi connectivity index (χ2n) is 23.0. The van der Waals surface area contributed by atoms with Gasteiger partial charge in [0.15, 0.2) is 0 Å². The minimum atomic E-state index is 0. The maximum Gasteiger partial charge on any atom is 2.00 e. The van der Waals surface area contributed by atoms with E-state index in [0.29, 0.717) is 0 Å². The molecule has 0 aliphatic heterocycles. The van der Waals surface area contributed by atoms with Gasteiger partial charge in [-0.2, -0.15) is 97.5 Å². The zero-order chi connectivity index (χ0) is 67.9. The van der Waals surface area contributed by atoms with Crippen LogP contribution in [0.3, 0.4) is 0 Å². The van der Waals surface area contributed by atoms with Crippen LogP contribution in [0, 0.1) is 93.1 Å². The molecule has 3 aromatic rings. The van der Waals surface area contributed by atoms with E-state index in [1.807, 2.05) is 178 Å². The first-order chi connectivity index (χ1) is 41.9. The molecule has 0 radical (unpaired) electrons. The topological polar surface area (TPSA) is 0 Å². The normalized spacial score (nSPS) is 18.4. The van der Waals surface area contributed by atoms with Crippen molar-refractivity contribution in [2.45, 2.75) is 387 Å². The molecule has 6 aliphatic rings. The van der Waals surface area contributed by atoms with Crippen LogP contribution in [-0.2, 0) is 42.1 Å². The van der Waals surface area contributed by atoms with Gasteiger partial charge in [-0.3, -0.25) is 0 Å². The Balaban J connectivity index is -0.0000000822. The quantitative estimate of drug-likeness (QED) is 0.224. The van der Waals surface area contributed by atoms with Crippen molar-refractivity contribution in [1.29, 1.82) is 0 Å². The number of rotatable bonds is 2. The molecule has 0 amide bonds. The zero-order valence-corrected chi connectivity index (χ0v) is 72.0. The second-order valence-corrected chi connectivity index (χ2v) is 23.0. The van der Waals surface area contributed by atoms with Crippen molar-refractivity contribution in [1.82, 2.24) is 0 Å². The third-order valence-electron chi connectivity index (χ3n) is 15.1. The van der Waals surface area contributed by atoms with Crippen LogP contribution in [0.15, 0.2) is 78.9 Å². The molecule has 9 rings (SSSR count). The van der Waals surface area contributed by atoms with E-state index >= 15 is 0 Å². The van der Waals surface area contributed by atoms with Crippen molar-refractivity contribution >= 4 is 0 Å². The summed E-state index contributed by atoms with van der Waals surface area (Å²) in [5, 5.41) is 0. The van der Waals surface area contributed by atoms with Gasteiger partial charge >= 0.3 is 42.1 Å². The first-order valence-corrected chi connectivity index (χ1v) is 38.4. The molecule has 0 unspecified atom stereocenters. The predicted octanol–water partition coefficient (Wildman–Crippen LogP) is 31.6. The fourth-order valence-corrected chi connectivity index (χ4v) is 10.1. The number of hydrogen-bond donors (Lipinski definition) is 0. The van der Waals surface area contributed by atoms with Crippen LogP contribution in [0.1, 0.15) is 383 Å². The minimum absolute atomic E-state index is 0. The van der Waals surface area contributed by atoms with Crippen LogP contribution in [0.5, 0.6) is 0 Å². The standard InChI is InChI=1S/C14H26.C8H16.C7H14.2C7H13.C7H8.2C7H7.2C3H8.8C2H6.2W/c1-11-3-7-13(8-4-11)14-9-5-12(2)6-10-14;1-2-8-6-4-3-5-7-8;6*1-7-5-3-2-4-6-7;2*1-3-2;8*1-2;;/h11-14H,3-10H2,1-2H3;8H,2-7H2,1H3;7H,2-6H2,1H3;2*2,7H,3-6H2,1H3;2-6H,1H3;2*3-6H,1H3;2*3H2,1-2H3;8*1-2H3;;/q;;;2*-1;;2*-1;;;;;;;;;;;2*+2. The molecule has 6 aliphatic carbocycles. The van der Waals surface area contributed by atoms with Gasteiger partial charge in [-0.05, 0) is 80.0 Å². The van der Waals surface area contributed by atoms with E-state index in [1.165, 1.54) is 177 Å². The average molecular weight is 1570 g/mol. The molecule has 3 aromatic carbocycles. The van der Waals surface area contributed by atoms with E-state index in [-0.39, 0.29) is 42.1 Å². The smallest absolute Gasteiger partial charge is 0.328 e. The average Bonchev–Trinajstić information content (AvgIpc) is 3.74. The Kier molecular flexibility index (Phi) is 129. The van der Waals surface area contributed by atoms with Crippen LogP contribution >= 0.6 is 0 Å². The van der Waals surface area contributed by atoms with Gasteiger partial charge in [0.2, 0.25) is 0 Å². The largest absolute Gasteiger partial charge is 2.00 e. The molecule has 0 nitrogen and oxygen atoms in total. The fraction of sp³-hybridized carbons (Fsp3) is 0.767. The third-order valence-corrected chi connectivity index (χ3v) is 15.1. The van der Waals surface area contributed by atoms with Gasteiger partial charge in [-0.15, -0.1) is 0 Å². The summed E-state index contributed by atoms with van der Waals surface area (Å²) in [5.74, 6) is 8.40. The fourth-order valence-electron chi connectivity index (χ4n) is 10.1. The molecule has 6 saturated carbocycles. The van der Waals surface area contributed by atoms with Gasteiger partial charge in [0.25, 0.3) is 0 Å². The molecule has 2 heteroatoms. The SMILES string of the molecule is CC.CC.CC.CC.CC.CC.CC.CC.CC1CCC(C2CCC(C)CC2)CC1.CC1CCCCC1.CC1CC[CH-]CC1.CC1CC[CH-]CC1.CCC.CCC.CCC1CCCCC1.Cc1cc[c-]cc1.Cc1cc[c-]cc1.Cc1ccccc1.[W+2].[W+2]. The van der Waals surface area contributed by atoms with Crippen molar-refractivity contribution in [2.75, 3.05) is 0 Å². The second kappa shape index (κ2) is 102. The zero-order valence-electron chi connectivity index (χ0n) is 66.1.